The first kappa shape index (κ1) is 32.6. The van der Waals surface area contributed by atoms with E-state index in [1.54, 1.807) is 6.07 Å². The lowest BCUT2D eigenvalue weighted by atomic mass is 10.1. The van der Waals surface area contributed by atoms with E-state index in [0.717, 1.165) is 72.3 Å². The highest BCUT2D eigenvalue weighted by Crippen LogP contribution is 2.30. The quantitative estimate of drug-likeness (QED) is 0.125. The predicted octanol–water partition coefficient (Wildman–Crippen LogP) is 6.89. The fourth-order valence-corrected chi connectivity index (χ4v) is 7.07. The Hall–Kier alpha value is -4.36. The van der Waals surface area contributed by atoms with Crippen LogP contribution in [0, 0.1) is 25.3 Å². The second-order valence-corrected chi connectivity index (χ2v) is 13.0. The van der Waals surface area contributed by atoms with E-state index in [9.17, 15) is 10.1 Å². The number of rotatable bonds is 8. The number of aromatic nitrogens is 2. The van der Waals surface area contributed by atoms with Crippen LogP contribution in [0.5, 0.6) is 0 Å². The summed E-state index contributed by atoms with van der Waals surface area (Å²) in [5, 5.41) is 18.2. The van der Waals surface area contributed by atoms with Crippen LogP contribution in [0.4, 0.5) is 11.4 Å². The minimum atomic E-state index is -0.180. The number of anilines is 2. The van der Waals surface area contributed by atoms with Gasteiger partial charge in [-0.2, -0.15) is 15.4 Å². The lowest BCUT2D eigenvalue weighted by Crippen LogP contribution is -2.49. The average molecular weight is 670 g/mol. The molecule has 0 unspecified atom stereocenters. The molecule has 0 saturated carbocycles. The maximum absolute atomic E-state index is 13.1. The molecule has 2 fully saturated rings. The number of hydrogen-bond donors (Lipinski definition) is 1. The Morgan fingerprint density at radius 2 is 1.62 bits per heavy atom. The summed E-state index contributed by atoms with van der Waals surface area (Å²) in [5.41, 5.74) is 7.03. The Morgan fingerprint density at radius 3 is 2.26 bits per heavy atom. The molecule has 1 amide bonds. The number of hydrogen-bond acceptors (Lipinski definition) is 6. The second-order valence-electron chi connectivity index (χ2n) is 12.2. The summed E-state index contributed by atoms with van der Waals surface area (Å²) in [6.45, 7) is 9.91. The zero-order valence-corrected chi connectivity index (χ0v) is 28.2. The van der Waals surface area contributed by atoms with Gasteiger partial charge in [-0.05, 0) is 112 Å². The molecule has 47 heavy (non-hydrogen) atoms. The predicted molar refractivity (Wildman–Crippen MR) is 189 cm³/mol. The van der Waals surface area contributed by atoms with E-state index in [-0.39, 0.29) is 5.91 Å². The third-order valence-electron chi connectivity index (χ3n) is 8.82. The number of carbonyl (C=O) groups excluding carboxylic acids is 1. The number of amides is 1. The molecule has 0 radical (unpaired) electrons. The number of nitrogens with one attached hydrogen (secondary N) is 1. The molecule has 11 heteroatoms. The number of piperazine rings is 1. The molecule has 3 aromatic carbocycles. The van der Waals surface area contributed by atoms with Crippen molar-refractivity contribution in [1.29, 1.82) is 5.26 Å². The molecule has 4 aromatic rings. The Bertz CT molecular complexity index is 1790. The lowest BCUT2D eigenvalue weighted by molar-refractivity contribution is 0.102. The number of amidine groups is 1. The maximum Gasteiger partial charge on any atom is 0.255 e. The fourth-order valence-electron chi connectivity index (χ4n) is 6.40. The molecule has 0 aliphatic carbocycles. The highest BCUT2D eigenvalue weighted by atomic mass is 35.5. The van der Waals surface area contributed by atoms with Gasteiger partial charge in [0.25, 0.3) is 5.91 Å². The van der Waals surface area contributed by atoms with Crippen LogP contribution < -0.4 is 10.2 Å². The molecule has 3 heterocycles. The number of aryl methyl sites for hydroxylation is 2. The van der Waals surface area contributed by atoms with Gasteiger partial charge in [0.05, 0.1) is 11.4 Å². The molecule has 0 atom stereocenters. The standard InChI is InChI=1S/C36H38Cl2N8O/c1-25-18-26(2)46(42-25)31-7-5-6-28(21-31)36(47)41-29-8-10-30(11-9-29)44-14-16-45(17-15-44)35(40-24-39)22-32-33(37)19-27(20-34(32)38)23-43-12-3-4-13-43/h5-11,18-21H,3-4,12-17,22-23H2,1-2H3,(H,41,47). The summed E-state index contributed by atoms with van der Waals surface area (Å²) >= 11 is 13.5. The SMILES string of the molecule is Cc1cc(C)n(-c2cccc(C(=O)Nc3ccc(N4CCN(C(Cc5c(Cl)cc(CN6CCCC6)cc5Cl)=NC#N)CC4)cc3)c2)n1. The van der Waals surface area contributed by atoms with Crippen LogP contribution in [-0.4, -0.2) is 70.6 Å². The highest BCUT2D eigenvalue weighted by Gasteiger charge is 2.23. The summed E-state index contributed by atoms with van der Waals surface area (Å²) in [4.78, 5) is 24.1. The van der Waals surface area contributed by atoms with Crippen molar-refractivity contribution in [3.63, 3.8) is 0 Å². The molecule has 2 aliphatic heterocycles. The molecule has 1 aromatic heterocycles. The van der Waals surface area contributed by atoms with E-state index in [1.165, 1.54) is 12.8 Å². The van der Waals surface area contributed by atoms with Crippen molar-refractivity contribution in [3.05, 3.63) is 105 Å². The van der Waals surface area contributed by atoms with Crippen LogP contribution in [-0.2, 0) is 13.0 Å². The van der Waals surface area contributed by atoms with Crippen molar-refractivity contribution in [2.75, 3.05) is 49.5 Å². The number of likely N-dealkylation sites (tertiary alicyclic amines) is 1. The van der Waals surface area contributed by atoms with E-state index in [1.807, 2.05) is 85.4 Å². The van der Waals surface area contributed by atoms with Crippen LogP contribution >= 0.6 is 23.2 Å². The van der Waals surface area contributed by atoms with Gasteiger partial charge in [0.2, 0.25) is 6.19 Å². The Morgan fingerprint density at radius 1 is 0.915 bits per heavy atom. The molecule has 242 valence electrons. The van der Waals surface area contributed by atoms with Gasteiger partial charge < -0.3 is 15.1 Å². The van der Waals surface area contributed by atoms with Gasteiger partial charge in [-0.3, -0.25) is 9.69 Å². The van der Waals surface area contributed by atoms with Crippen molar-refractivity contribution in [2.45, 2.75) is 39.7 Å². The van der Waals surface area contributed by atoms with E-state index < -0.39 is 0 Å². The molecule has 1 N–H and O–H groups in total. The lowest BCUT2D eigenvalue weighted by Gasteiger charge is -2.37. The average Bonchev–Trinajstić information content (AvgIpc) is 3.71. The van der Waals surface area contributed by atoms with E-state index >= 15 is 0 Å². The van der Waals surface area contributed by atoms with Crippen molar-refractivity contribution >= 4 is 46.3 Å². The van der Waals surface area contributed by atoms with E-state index in [2.05, 4.69) is 30.1 Å². The Labute approximate surface area is 286 Å². The van der Waals surface area contributed by atoms with Gasteiger partial charge in [0.1, 0.15) is 5.84 Å². The zero-order valence-electron chi connectivity index (χ0n) is 26.7. The van der Waals surface area contributed by atoms with Gasteiger partial charge in [-0.1, -0.05) is 29.3 Å². The summed E-state index contributed by atoms with van der Waals surface area (Å²) in [6, 6.07) is 21.3. The monoisotopic (exact) mass is 668 g/mol. The van der Waals surface area contributed by atoms with Crippen LogP contribution in [0.2, 0.25) is 10.0 Å². The molecule has 0 bridgehead atoms. The molecule has 2 aliphatic rings. The van der Waals surface area contributed by atoms with Crippen molar-refractivity contribution < 1.29 is 4.79 Å². The largest absolute Gasteiger partial charge is 0.368 e. The summed E-state index contributed by atoms with van der Waals surface area (Å²) in [6.07, 6.45) is 4.83. The number of nitrogens with zero attached hydrogens (tertiary/aromatic N) is 7. The van der Waals surface area contributed by atoms with Gasteiger partial charge in [-0.25, -0.2) is 4.68 Å². The van der Waals surface area contributed by atoms with Crippen LogP contribution in [0.25, 0.3) is 5.69 Å². The summed E-state index contributed by atoms with van der Waals surface area (Å²) in [7, 11) is 0. The van der Waals surface area contributed by atoms with Gasteiger partial charge >= 0.3 is 0 Å². The summed E-state index contributed by atoms with van der Waals surface area (Å²) in [5.74, 6) is 0.490. The Kier molecular flexibility index (Phi) is 10.1. The molecular formula is C36H38Cl2N8O. The first-order valence-corrected chi connectivity index (χ1v) is 16.7. The highest BCUT2D eigenvalue weighted by molar-refractivity contribution is 6.36. The van der Waals surface area contributed by atoms with Crippen molar-refractivity contribution in [2.24, 2.45) is 4.99 Å². The minimum absolute atomic E-state index is 0.180. The van der Waals surface area contributed by atoms with Crippen LogP contribution in [0.15, 0.2) is 71.7 Å². The van der Waals surface area contributed by atoms with Gasteiger partial charge in [0.15, 0.2) is 0 Å². The Balaban J connectivity index is 1.05. The zero-order chi connectivity index (χ0) is 32.9. The third kappa shape index (κ3) is 7.79. The van der Waals surface area contributed by atoms with E-state index in [4.69, 9.17) is 23.2 Å². The van der Waals surface area contributed by atoms with Crippen molar-refractivity contribution in [1.82, 2.24) is 19.6 Å². The number of carbonyl (C=O) groups is 1. The van der Waals surface area contributed by atoms with Gasteiger partial charge in [-0.15, -0.1) is 0 Å². The minimum Gasteiger partial charge on any atom is -0.368 e. The van der Waals surface area contributed by atoms with E-state index in [0.29, 0.717) is 41.0 Å². The van der Waals surface area contributed by atoms with Crippen molar-refractivity contribution in [3.8, 4) is 11.9 Å². The van der Waals surface area contributed by atoms with Crippen LogP contribution in [0.1, 0.15) is 45.7 Å². The maximum atomic E-state index is 13.1. The number of halogens is 2. The molecule has 6 rings (SSSR count). The second kappa shape index (κ2) is 14.6. The topological polar surface area (TPSA) is 92.8 Å². The van der Waals surface area contributed by atoms with Crippen LogP contribution in [0.3, 0.4) is 0 Å². The molecule has 9 nitrogen and oxygen atoms in total. The summed E-state index contributed by atoms with van der Waals surface area (Å²) < 4.78 is 1.84. The van der Waals surface area contributed by atoms with Gasteiger partial charge in [0, 0.05) is 71.8 Å². The molecule has 0 spiro atoms. The number of benzene rings is 3. The third-order valence-corrected chi connectivity index (χ3v) is 9.49. The number of nitriles is 1. The smallest absolute Gasteiger partial charge is 0.255 e. The normalized spacial score (nSPS) is 15.6. The first-order chi connectivity index (χ1) is 22.8. The fraction of sp³-hybridized carbons (Fsp3) is 0.333. The first-order valence-electron chi connectivity index (χ1n) is 16.0. The molecular weight excluding hydrogens is 631 g/mol. The number of aliphatic imine (C=N–C) groups is 1. The molecule has 2 saturated heterocycles.